The Labute approximate surface area is 132 Å². The van der Waals surface area contributed by atoms with Crippen LogP contribution in [0.1, 0.15) is 25.7 Å². The molecule has 2 radical (unpaired) electrons. The fourth-order valence-electron chi connectivity index (χ4n) is 2.94. The van der Waals surface area contributed by atoms with E-state index in [-0.39, 0.29) is 59.1 Å². The molecule has 4 nitrogen and oxygen atoms in total. The number of hydrogen-bond donors (Lipinski definition) is 2. The molecule has 2 aliphatic carbocycles. The minimum atomic E-state index is -0.940. The molecule has 2 fully saturated rings. The molecule has 2 N–H and O–H groups in total. The van der Waals surface area contributed by atoms with Crippen LogP contribution in [0, 0.1) is 17.3 Å². The summed E-state index contributed by atoms with van der Waals surface area (Å²) in [6, 6.07) is 0. The fraction of sp³-hybridized carbons (Fsp3) is 0.778. The third-order valence-corrected chi connectivity index (χ3v) is 3.61. The summed E-state index contributed by atoms with van der Waals surface area (Å²) >= 11 is 0. The third-order valence-electron chi connectivity index (χ3n) is 3.61. The molecule has 74 valence electrons. The summed E-state index contributed by atoms with van der Waals surface area (Å²) in [6.07, 6.45) is 2.56. The smallest absolute Gasteiger partial charge is 0.310 e. The molecule has 0 aromatic heterocycles. The maximum Gasteiger partial charge on any atom is 0.310 e. The molecule has 0 heterocycles. The molecule has 6 heteroatoms. The second-order valence-electron chi connectivity index (χ2n) is 4.20. The van der Waals surface area contributed by atoms with E-state index in [1.54, 1.807) is 0 Å². The van der Waals surface area contributed by atoms with E-state index in [4.69, 9.17) is 10.2 Å². The molecule has 3 unspecified atom stereocenters. The number of aliphatic carboxylic acids is 2. The Morgan fingerprint density at radius 3 is 2.13 bits per heavy atom. The zero-order valence-corrected chi connectivity index (χ0v) is 13.2. The van der Waals surface area contributed by atoms with Crippen LogP contribution in [0.4, 0.5) is 0 Å². The third kappa shape index (κ3) is 2.45. The van der Waals surface area contributed by atoms with Crippen molar-refractivity contribution in [3.05, 3.63) is 0 Å². The zero-order valence-electron chi connectivity index (χ0n) is 9.19. The van der Waals surface area contributed by atoms with Crippen LogP contribution < -0.4 is 0 Å². The molecule has 3 atom stereocenters. The van der Waals surface area contributed by atoms with Gasteiger partial charge in [-0.1, -0.05) is 0 Å². The van der Waals surface area contributed by atoms with Crippen molar-refractivity contribution in [1.29, 1.82) is 0 Å². The number of rotatable bonds is 2. The second kappa shape index (κ2) is 5.52. The van der Waals surface area contributed by atoms with Crippen molar-refractivity contribution in [3.63, 3.8) is 0 Å². The van der Waals surface area contributed by atoms with E-state index in [9.17, 15) is 9.59 Å². The first-order chi connectivity index (χ1) is 6.06. The predicted octanol–water partition coefficient (Wildman–Crippen LogP) is 0.200. The molecule has 0 amide bonds. The van der Waals surface area contributed by atoms with Gasteiger partial charge in [0.2, 0.25) is 0 Å². The quantitative estimate of drug-likeness (QED) is 0.664. The molecule has 0 aromatic carbocycles. The summed E-state index contributed by atoms with van der Waals surface area (Å²) in [5.74, 6) is -2.18. The maximum absolute atomic E-state index is 11.0. The van der Waals surface area contributed by atoms with Crippen molar-refractivity contribution in [2.75, 3.05) is 0 Å². The normalized spacial score (nSPS) is 36.5. The summed E-state index contributed by atoms with van der Waals surface area (Å²) in [6.45, 7) is 0. The van der Waals surface area contributed by atoms with Crippen LogP contribution >= 0.6 is 0 Å². The minimum absolute atomic E-state index is 0. The van der Waals surface area contributed by atoms with Crippen LogP contribution in [-0.4, -0.2) is 81.3 Å². The van der Waals surface area contributed by atoms with Gasteiger partial charge < -0.3 is 10.2 Å². The fourth-order valence-corrected chi connectivity index (χ4v) is 2.94. The largest absolute Gasteiger partial charge is 0.481 e. The summed E-state index contributed by atoms with van der Waals surface area (Å²) in [5, 5.41) is 17.9. The van der Waals surface area contributed by atoms with E-state index in [1.807, 2.05) is 0 Å². The predicted molar refractivity (Wildman–Crippen MR) is 54.7 cm³/mol. The molecule has 0 aliphatic heterocycles. The molecule has 2 rings (SSSR count). The van der Waals surface area contributed by atoms with Crippen LogP contribution in [0.5, 0.6) is 0 Å². The van der Waals surface area contributed by atoms with E-state index in [0.29, 0.717) is 25.2 Å². The van der Waals surface area contributed by atoms with Crippen molar-refractivity contribution in [1.82, 2.24) is 0 Å². The van der Waals surface area contributed by atoms with Gasteiger partial charge in [-0.05, 0) is 31.6 Å². The van der Waals surface area contributed by atoms with E-state index in [1.165, 1.54) is 0 Å². The minimum Gasteiger partial charge on any atom is -0.481 e. The monoisotopic (exact) mass is 230 g/mol. The summed E-state index contributed by atoms with van der Waals surface area (Å²) in [7, 11) is 0. The summed E-state index contributed by atoms with van der Waals surface area (Å²) in [4.78, 5) is 21.9. The van der Waals surface area contributed by atoms with Crippen molar-refractivity contribution in [3.8, 4) is 0 Å². The first-order valence-corrected chi connectivity index (χ1v) is 4.52. The van der Waals surface area contributed by atoms with E-state index >= 15 is 0 Å². The van der Waals surface area contributed by atoms with Crippen molar-refractivity contribution in [2.24, 2.45) is 17.3 Å². The maximum atomic E-state index is 11.0. The van der Waals surface area contributed by atoms with Crippen LogP contribution in [0.3, 0.4) is 0 Å². The van der Waals surface area contributed by atoms with Gasteiger partial charge in [0, 0.05) is 59.1 Å². The molecule has 2 aliphatic rings. The Balaban J connectivity index is 0.000000980. The Hall–Kier alpha value is 0.940. The topological polar surface area (TPSA) is 74.6 Å². The number of hydrogen-bond acceptors (Lipinski definition) is 2. The Kier molecular flexibility index (Phi) is 5.86. The molecule has 0 saturated heterocycles. The van der Waals surface area contributed by atoms with Gasteiger partial charge in [0.1, 0.15) is 0 Å². The van der Waals surface area contributed by atoms with Crippen LogP contribution in [0.15, 0.2) is 0 Å². The molecule has 15 heavy (non-hydrogen) atoms. The second-order valence-corrected chi connectivity index (χ2v) is 4.20. The van der Waals surface area contributed by atoms with Gasteiger partial charge in [-0.15, -0.1) is 0 Å². The Morgan fingerprint density at radius 2 is 1.80 bits per heavy atom. The van der Waals surface area contributed by atoms with E-state index < -0.39 is 23.3 Å². The van der Waals surface area contributed by atoms with Crippen LogP contribution in [0.2, 0.25) is 0 Å². The number of carboxylic acids is 2. The molecular weight excluding hydrogens is 218 g/mol. The van der Waals surface area contributed by atoms with Gasteiger partial charge >= 0.3 is 11.9 Å². The van der Waals surface area contributed by atoms with Gasteiger partial charge in [-0.3, -0.25) is 9.59 Å². The first kappa shape index (κ1) is 15.9. The van der Waals surface area contributed by atoms with Gasteiger partial charge in [-0.2, -0.15) is 0 Å². The van der Waals surface area contributed by atoms with E-state index in [2.05, 4.69) is 0 Å². The molecule has 2 saturated carbocycles. The molecule has 0 spiro atoms. The molecule has 2 bridgehead atoms. The van der Waals surface area contributed by atoms with Crippen molar-refractivity contribution in [2.45, 2.75) is 25.7 Å². The number of fused-ring (bicyclic) bond motifs is 2. The van der Waals surface area contributed by atoms with Crippen molar-refractivity contribution < 1.29 is 19.8 Å². The van der Waals surface area contributed by atoms with Crippen LogP contribution in [-0.2, 0) is 9.59 Å². The SMILES string of the molecule is O=C(O)C1CC2CCC1(C(=O)O)C2.[Na].[Na]. The zero-order chi connectivity index (χ0) is 9.64. The van der Waals surface area contributed by atoms with Crippen LogP contribution in [0.25, 0.3) is 0 Å². The number of carboxylic acid groups (broad SMARTS) is 2. The van der Waals surface area contributed by atoms with Gasteiger partial charge in [0.25, 0.3) is 0 Å². The van der Waals surface area contributed by atoms with Gasteiger partial charge in [0.05, 0.1) is 11.3 Å². The van der Waals surface area contributed by atoms with Gasteiger partial charge in [-0.25, -0.2) is 0 Å². The number of carbonyl (C=O) groups is 2. The van der Waals surface area contributed by atoms with Gasteiger partial charge in [0.15, 0.2) is 0 Å². The average molecular weight is 230 g/mol. The molecular formula is C9H12Na2O4. The molecule has 0 aromatic rings. The summed E-state index contributed by atoms with van der Waals surface area (Å²) < 4.78 is 0. The summed E-state index contributed by atoms with van der Waals surface area (Å²) in [5.41, 5.74) is -0.934. The standard InChI is InChI=1S/C9H12O4.2Na/c10-7(11)6-3-5-1-2-9(6,4-5)8(12)13;;/h5-6H,1-4H2,(H,10,11)(H,12,13);;. The average Bonchev–Trinajstić information content (AvgIpc) is 2.60. The Bertz CT molecular complexity index is 281. The Morgan fingerprint density at radius 1 is 1.20 bits per heavy atom. The van der Waals surface area contributed by atoms with E-state index in [0.717, 1.165) is 6.42 Å². The van der Waals surface area contributed by atoms with Crippen molar-refractivity contribution >= 4 is 71.1 Å². The first-order valence-electron chi connectivity index (χ1n) is 4.52.